The Kier molecular flexibility index (Phi) is 6.10. The third-order valence-corrected chi connectivity index (χ3v) is 11.9. The number of para-hydroxylation sites is 3. The van der Waals surface area contributed by atoms with Crippen LogP contribution in [0.2, 0.25) is 0 Å². The number of fused-ring (bicyclic) bond motifs is 6. The molecule has 0 aliphatic rings. The smallest absolute Gasteiger partial charge is 0.166 e. The van der Waals surface area contributed by atoms with Crippen molar-refractivity contribution in [2.45, 2.75) is 0 Å². The molecule has 0 amide bonds. The molecule has 0 saturated heterocycles. The molecule has 0 unspecified atom stereocenters. The van der Waals surface area contributed by atoms with Gasteiger partial charge in [-0.1, -0.05) is 109 Å². The van der Waals surface area contributed by atoms with Crippen molar-refractivity contribution < 1.29 is 16.4 Å². The predicted molar refractivity (Wildman–Crippen MR) is 255 cm³/mol. The molecule has 12 rings (SSSR count). The highest BCUT2D eigenvalue weighted by Crippen LogP contribution is 2.41. The summed E-state index contributed by atoms with van der Waals surface area (Å²) in [5.74, 6) is 0.609. The molecular weight excluding hydrogens is 777 g/mol. The summed E-state index contributed by atoms with van der Waals surface area (Å²) in [5.41, 5.74) is 6.49. The first kappa shape index (κ1) is 25.5. The SMILES string of the molecule is [2H]c1cc([2H])c2sc3c(-c4cccc(-c5nc(-c6cc(-c7ccncc7)cc(-c7cccnc7)c6)nc(-c6ccccc6-n6c7c([2H])cc([2H])c([2H])c7c7c([2H])c([2H])c([2H])c([2H])c76)n5)c4)cc([2H])c([2H])c3c2c1[2H]. The highest BCUT2D eigenvalue weighted by atomic mass is 32.1. The lowest BCUT2D eigenvalue weighted by Crippen LogP contribution is -2.04. The molecule has 7 heteroatoms. The first-order valence-corrected chi connectivity index (χ1v) is 20.4. The largest absolute Gasteiger partial charge is 0.309 e. The number of rotatable bonds is 7. The van der Waals surface area contributed by atoms with E-state index in [4.69, 9.17) is 28.7 Å². The van der Waals surface area contributed by atoms with Gasteiger partial charge >= 0.3 is 0 Å². The first-order valence-electron chi connectivity index (χ1n) is 25.6. The minimum atomic E-state index is -0.517. The fourth-order valence-electron chi connectivity index (χ4n) is 7.95. The Hall–Kier alpha value is -8.13. The molecule has 0 bridgehead atoms. The topological polar surface area (TPSA) is 69.4 Å². The van der Waals surface area contributed by atoms with Gasteiger partial charge in [0.25, 0.3) is 0 Å². The second-order valence-electron chi connectivity index (χ2n) is 14.4. The summed E-state index contributed by atoms with van der Waals surface area (Å²) in [6.45, 7) is 0. The summed E-state index contributed by atoms with van der Waals surface area (Å²) in [6, 6.07) is 29.0. The molecular formula is C55H34N6S. The van der Waals surface area contributed by atoms with Crippen LogP contribution < -0.4 is 0 Å². The van der Waals surface area contributed by atoms with Gasteiger partial charge in [-0.25, -0.2) is 15.0 Å². The second-order valence-corrected chi connectivity index (χ2v) is 15.4. The Labute approximate surface area is 378 Å². The van der Waals surface area contributed by atoms with Crippen molar-refractivity contribution in [3.63, 3.8) is 0 Å². The number of benzene rings is 7. The molecule has 0 radical (unpaired) electrons. The monoisotopic (exact) mass is 822 g/mol. The van der Waals surface area contributed by atoms with E-state index in [-0.39, 0.29) is 87.6 Å². The molecule has 0 fully saturated rings. The lowest BCUT2D eigenvalue weighted by atomic mass is 9.97. The Morgan fingerprint density at radius 1 is 0.419 bits per heavy atom. The van der Waals surface area contributed by atoms with E-state index >= 15 is 0 Å². The molecule has 290 valence electrons. The van der Waals surface area contributed by atoms with Gasteiger partial charge in [0.05, 0.1) is 33.2 Å². The number of hydrogen-bond donors (Lipinski definition) is 0. The van der Waals surface area contributed by atoms with Crippen molar-refractivity contribution in [2.75, 3.05) is 0 Å². The average molecular weight is 823 g/mol. The fourth-order valence-corrected chi connectivity index (χ4v) is 9.06. The van der Waals surface area contributed by atoms with E-state index in [9.17, 15) is 2.74 Å². The predicted octanol–water partition coefficient (Wildman–Crippen LogP) is 14.1. The summed E-state index contributed by atoms with van der Waals surface area (Å²) in [7, 11) is 0. The van der Waals surface area contributed by atoms with Gasteiger partial charge in [0.2, 0.25) is 0 Å². The van der Waals surface area contributed by atoms with Crippen LogP contribution in [0.5, 0.6) is 0 Å². The number of nitrogens with zero attached hydrogens (tertiary/aromatic N) is 6. The lowest BCUT2D eigenvalue weighted by Gasteiger charge is -2.15. The quantitative estimate of drug-likeness (QED) is 0.160. The van der Waals surface area contributed by atoms with Gasteiger partial charge in [0, 0.05) is 78.0 Å². The van der Waals surface area contributed by atoms with E-state index in [1.807, 2.05) is 66.7 Å². The molecule has 0 saturated carbocycles. The molecule has 6 nitrogen and oxygen atoms in total. The minimum absolute atomic E-state index is 0.00170. The molecule has 12 aromatic rings. The normalized spacial score (nSPS) is 14.3. The summed E-state index contributed by atoms with van der Waals surface area (Å²) in [5, 5.41) is 0.648. The molecule has 0 aliphatic heterocycles. The zero-order valence-electron chi connectivity index (χ0n) is 44.3. The van der Waals surface area contributed by atoms with Crippen molar-refractivity contribution in [2.24, 2.45) is 0 Å². The Bertz CT molecular complexity index is 4300. The molecule has 62 heavy (non-hydrogen) atoms. The maximum absolute atomic E-state index is 9.24. The van der Waals surface area contributed by atoms with Gasteiger partial charge in [0.1, 0.15) is 0 Å². The van der Waals surface area contributed by atoms with Crippen LogP contribution in [0.25, 0.3) is 115 Å². The van der Waals surface area contributed by atoms with E-state index in [1.165, 1.54) is 28.0 Å². The van der Waals surface area contributed by atoms with Gasteiger partial charge < -0.3 is 4.57 Å². The molecule has 0 spiro atoms. The highest BCUT2D eigenvalue weighted by molar-refractivity contribution is 7.26. The minimum Gasteiger partial charge on any atom is -0.309 e. The third kappa shape index (κ3) is 6.14. The number of hydrogen-bond acceptors (Lipinski definition) is 6. The Morgan fingerprint density at radius 2 is 1.10 bits per heavy atom. The van der Waals surface area contributed by atoms with E-state index in [2.05, 4.69) is 9.97 Å². The molecule has 0 atom stereocenters. The molecule has 5 heterocycles. The Morgan fingerprint density at radius 3 is 1.97 bits per heavy atom. The van der Waals surface area contributed by atoms with Crippen molar-refractivity contribution in [3.8, 4) is 73.2 Å². The van der Waals surface area contributed by atoms with Gasteiger partial charge in [-0.05, 0) is 101 Å². The summed E-state index contributed by atoms with van der Waals surface area (Å²) >= 11 is 1.23. The van der Waals surface area contributed by atoms with Crippen LogP contribution in [0.3, 0.4) is 0 Å². The molecule has 0 N–H and O–H groups in total. The molecule has 5 aromatic heterocycles. The number of aromatic nitrogens is 6. The zero-order valence-corrected chi connectivity index (χ0v) is 33.1. The Balaban J connectivity index is 1.14. The van der Waals surface area contributed by atoms with E-state index in [0.717, 1.165) is 22.3 Å². The average Bonchev–Trinajstić information content (AvgIpc) is 4.07. The van der Waals surface area contributed by atoms with Crippen molar-refractivity contribution >= 4 is 53.3 Å². The summed E-state index contributed by atoms with van der Waals surface area (Å²) < 4.78 is 109. The van der Waals surface area contributed by atoms with Crippen LogP contribution >= 0.6 is 11.3 Å². The van der Waals surface area contributed by atoms with Crippen LogP contribution in [0, 0.1) is 0 Å². The third-order valence-electron chi connectivity index (χ3n) is 10.8. The van der Waals surface area contributed by atoms with Crippen LogP contribution in [-0.2, 0) is 0 Å². The van der Waals surface area contributed by atoms with Crippen molar-refractivity contribution in [3.05, 3.63) is 206 Å². The first-order chi connectivity index (χ1) is 35.7. The lowest BCUT2D eigenvalue weighted by molar-refractivity contribution is 1.06. The standard InChI is InChI=1S/C55H34N6S/c1-5-21-48-43(15-1)44-16-2-6-22-49(44)61(48)50-23-7-3-18-47(50)55-59-53(37-13-9-12-36(30-37)42-19-10-20-46-45-17-4-8-24-51(45)62-52(42)46)58-54(60-55)41-32-39(35-25-28-56-29-26-35)31-40(33-41)38-14-11-27-57-34-38/h1-34H/i1D,2D,4D,5D,10D,15D,16D,17D,20D,21D,22D,24D. The number of pyridine rings is 2. The van der Waals surface area contributed by atoms with Crippen LogP contribution in [0.4, 0.5) is 0 Å². The molecule has 7 aromatic carbocycles. The van der Waals surface area contributed by atoms with Crippen molar-refractivity contribution in [1.29, 1.82) is 0 Å². The van der Waals surface area contributed by atoms with E-state index in [0.29, 0.717) is 53.7 Å². The van der Waals surface area contributed by atoms with Crippen LogP contribution in [0.1, 0.15) is 16.4 Å². The van der Waals surface area contributed by atoms with Gasteiger partial charge in [-0.2, -0.15) is 0 Å². The van der Waals surface area contributed by atoms with Crippen LogP contribution in [-0.4, -0.2) is 29.5 Å². The molecule has 0 aliphatic carbocycles. The summed E-state index contributed by atoms with van der Waals surface area (Å²) in [6.07, 6.45) is 6.87. The number of thiophene rings is 1. The van der Waals surface area contributed by atoms with Gasteiger partial charge in [-0.3, -0.25) is 9.97 Å². The van der Waals surface area contributed by atoms with Gasteiger partial charge in [-0.15, -0.1) is 11.3 Å². The second kappa shape index (κ2) is 14.9. The highest BCUT2D eigenvalue weighted by Gasteiger charge is 2.20. The maximum atomic E-state index is 9.24. The van der Waals surface area contributed by atoms with Gasteiger partial charge in [0.15, 0.2) is 17.5 Å². The van der Waals surface area contributed by atoms with E-state index in [1.54, 1.807) is 55.1 Å². The van der Waals surface area contributed by atoms with Crippen LogP contribution in [0.15, 0.2) is 206 Å². The zero-order chi connectivity index (χ0) is 51.4. The fraction of sp³-hybridized carbons (Fsp3) is 0. The van der Waals surface area contributed by atoms with E-state index < -0.39 is 24.2 Å². The summed E-state index contributed by atoms with van der Waals surface area (Å²) in [4.78, 5) is 24.2. The maximum Gasteiger partial charge on any atom is 0.166 e. The van der Waals surface area contributed by atoms with Crippen molar-refractivity contribution in [1.82, 2.24) is 29.5 Å².